The van der Waals surface area contributed by atoms with E-state index in [1.165, 1.54) is 6.07 Å². The van der Waals surface area contributed by atoms with Crippen molar-refractivity contribution in [2.75, 3.05) is 33.1 Å². The second kappa shape index (κ2) is 11.8. The average Bonchev–Trinajstić information content (AvgIpc) is 2.93. The van der Waals surface area contributed by atoms with Crippen molar-refractivity contribution in [3.05, 3.63) is 82.0 Å². The first kappa shape index (κ1) is 28.2. The molecule has 0 bridgehead atoms. The molecule has 0 aliphatic rings. The Morgan fingerprint density at radius 2 is 1.47 bits per heavy atom. The van der Waals surface area contributed by atoms with Crippen molar-refractivity contribution in [1.82, 2.24) is 4.58 Å². The summed E-state index contributed by atoms with van der Waals surface area (Å²) in [6.07, 6.45) is 0. The number of hydrogen-bond donors (Lipinski definition) is 1. The third-order valence-corrected chi connectivity index (χ3v) is 6.00. The summed E-state index contributed by atoms with van der Waals surface area (Å²) in [6.45, 7) is 8.00. The normalized spacial score (nSPS) is 10.4. The van der Waals surface area contributed by atoms with E-state index >= 15 is 0 Å². The maximum atomic E-state index is 13.4. The molecule has 0 atom stereocenters. The summed E-state index contributed by atoms with van der Waals surface area (Å²) in [6, 6.07) is 17.8. The molecule has 2 heterocycles. The van der Waals surface area contributed by atoms with Crippen molar-refractivity contribution in [1.29, 1.82) is 0 Å². The Labute approximate surface area is 221 Å². The number of fused-ring (bicyclic) bond motifs is 4. The topological polar surface area (TPSA) is 86.9 Å². The van der Waals surface area contributed by atoms with Gasteiger partial charge in [0.25, 0.3) is 0 Å². The fourth-order valence-corrected chi connectivity index (χ4v) is 4.25. The molecular formula is C31H35N2O5+. The number of benzene rings is 3. The summed E-state index contributed by atoms with van der Waals surface area (Å²) in [4.78, 5) is 27.4. The molecule has 7 heteroatoms. The first-order valence-corrected chi connectivity index (χ1v) is 12.7. The molecule has 0 aliphatic carbocycles. The van der Waals surface area contributed by atoms with Crippen LogP contribution in [0, 0.1) is 0 Å². The number of nitrogens with zero attached hydrogens (tertiary/aromatic N) is 2. The predicted molar refractivity (Wildman–Crippen MR) is 156 cm³/mol. The van der Waals surface area contributed by atoms with Crippen molar-refractivity contribution in [3.8, 4) is 11.1 Å². The molecule has 5 aromatic rings. The van der Waals surface area contributed by atoms with Crippen LogP contribution in [0.3, 0.4) is 0 Å². The van der Waals surface area contributed by atoms with Crippen LogP contribution in [0.25, 0.3) is 44.0 Å². The van der Waals surface area contributed by atoms with Crippen molar-refractivity contribution in [3.63, 3.8) is 0 Å². The fraction of sp³-hybridized carbons (Fsp3) is 0.258. The third kappa shape index (κ3) is 5.05. The average molecular weight is 516 g/mol. The lowest BCUT2D eigenvalue weighted by Gasteiger charge is -2.16. The van der Waals surface area contributed by atoms with E-state index in [1.54, 1.807) is 24.3 Å². The van der Waals surface area contributed by atoms with Gasteiger partial charge >= 0.3 is 11.6 Å². The van der Waals surface area contributed by atoms with Crippen LogP contribution in [-0.4, -0.2) is 39.3 Å². The minimum absolute atomic E-state index is 0.0930. The first-order valence-electron chi connectivity index (χ1n) is 12.7. The van der Waals surface area contributed by atoms with E-state index in [4.69, 9.17) is 8.83 Å². The maximum Gasteiger partial charge on any atom is 0.348 e. The highest BCUT2D eigenvalue weighted by molar-refractivity contribution is 6.16. The van der Waals surface area contributed by atoms with Gasteiger partial charge in [0.1, 0.15) is 30.6 Å². The van der Waals surface area contributed by atoms with Gasteiger partial charge < -0.3 is 18.8 Å². The Bertz CT molecular complexity index is 1760. The Hall–Kier alpha value is -4.39. The van der Waals surface area contributed by atoms with Crippen LogP contribution < -0.4 is 20.5 Å². The lowest BCUT2D eigenvalue weighted by molar-refractivity contribution is 0.0697. The van der Waals surface area contributed by atoms with Gasteiger partial charge in [-0.25, -0.2) is 14.2 Å². The van der Waals surface area contributed by atoms with Crippen LogP contribution in [0.1, 0.15) is 38.1 Å². The second-order valence-electron chi connectivity index (χ2n) is 8.57. The van der Waals surface area contributed by atoms with Gasteiger partial charge in [-0.05, 0) is 29.8 Å². The number of hydrogen-bond acceptors (Lipinski definition) is 5. The van der Waals surface area contributed by atoms with Crippen LogP contribution in [0.2, 0.25) is 0 Å². The molecule has 0 fully saturated rings. The van der Waals surface area contributed by atoms with E-state index in [1.807, 2.05) is 95.7 Å². The monoisotopic (exact) mass is 515 g/mol. The van der Waals surface area contributed by atoms with Crippen LogP contribution in [0.5, 0.6) is 0 Å². The minimum Gasteiger partial charge on any atom is -0.478 e. The Balaban J connectivity index is 0.000000956. The van der Waals surface area contributed by atoms with Crippen LogP contribution in [0.15, 0.2) is 74.3 Å². The van der Waals surface area contributed by atoms with Gasteiger partial charge in [0, 0.05) is 42.9 Å². The molecule has 0 saturated carbocycles. The van der Waals surface area contributed by atoms with Gasteiger partial charge in [-0.15, -0.1) is 0 Å². The van der Waals surface area contributed by atoms with Gasteiger partial charge in [-0.3, -0.25) is 0 Å². The summed E-state index contributed by atoms with van der Waals surface area (Å²) < 4.78 is 14.0. The number of anilines is 1. The standard InChI is InChI=1S/C27H22N2O5.2C2H6/c1-28(2)15-9-11-19-21(13-15)33-25-20-12-10-16(29(3)4)14-22(20)34-27(32)24(25)23(19)17-7-5-6-8-18(17)26(30)31;2*1-2/h5-14H,1-4H3;2*1-2H3/p+1. The highest BCUT2D eigenvalue weighted by atomic mass is 16.4. The Kier molecular flexibility index (Phi) is 8.73. The molecule has 0 radical (unpaired) electrons. The quantitative estimate of drug-likeness (QED) is 0.133. The first-order chi connectivity index (χ1) is 18.3. The van der Waals surface area contributed by atoms with E-state index in [0.29, 0.717) is 38.6 Å². The predicted octanol–water partition coefficient (Wildman–Crippen LogP) is 6.21. The summed E-state index contributed by atoms with van der Waals surface area (Å²) in [7, 11) is 7.66. The molecule has 0 saturated heterocycles. The van der Waals surface area contributed by atoms with Gasteiger partial charge in [0.15, 0.2) is 5.58 Å². The van der Waals surface area contributed by atoms with Crippen LogP contribution >= 0.6 is 0 Å². The Morgan fingerprint density at radius 1 is 0.842 bits per heavy atom. The largest absolute Gasteiger partial charge is 0.478 e. The maximum absolute atomic E-state index is 13.4. The number of carboxylic acid groups (broad SMARTS) is 1. The highest BCUT2D eigenvalue weighted by Gasteiger charge is 2.23. The molecular weight excluding hydrogens is 480 g/mol. The van der Waals surface area contributed by atoms with Crippen LogP contribution in [0.4, 0.5) is 5.69 Å². The van der Waals surface area contributed by atoms with Crippen LogP contribution in [-0.2, 0) is 0 Å². The summed E-state index contributed by atoms with van der Waals surface area (Å²) in [5, 5.41) is 12.2. The van der Waals surface area contributed by atoms with Crippen molar-refractivity contribution >= 4 is 44.6 Å². The molecule has 198 valence electrons. The van der Waals surface area contributed by atoms with Crippen molar-refractivity contribution in [2.45, 2.75) is 27.7 Å². The summed E-state index contributed by atoms with van der Waals surface area (Å²) in [5.74, 6) is -1.08. The molecule has 3 aromatic carbocycles. The number of carbonyl (C=O) groups is 1. The van der Waals surface area contributed by atoms with Gasteiger partial charge in [-0.1, -0.05) is 45.9 Å². The van der Waals surface area contributed by atoms with E-state index in [0.717, 1.165) is 11.0 Å². The minimum atomic E-state index is -1.08. The van der Waals surface area contributed by atoms with E-state index in [-0.39, 0.29) is 10.9 Å². The van der Waals surface area contributed by atoms with Gasteiger partial charge in [-0.2, -0.15) is 0 Å². The molecule has 0 aliphatic heterocycles. The van der Waals surface area contributed by atoms with Crippen molar-refractivity contribution in [2.24, 2.45) is 0 Å². The molecule has 2 aromatic heterocycles. The van der Waals surface area contributed by atoms with Crippen molar-refractivity contribution < 1.29 is 18.7 Å². The number of aromatic carboxylic acids is 1. The molecule has 0 amide bonds. The summed E-state index contributed by atoms with van der Waals surface area (Å²) in [5.41, 5.74) is 2.61. The van der Waals surface area contributed by atoms with Gasteiger partial charge in [0.05, 0.1) is 17.0 Å². The molecule has 38 heavy (non-hydrogen) atoms. The molecule has 0 unspecified atom stereocenters. The molecule has 5 rings (SSSR count). The number of rotatable bonds is 3. The van der Waals surface area contributed by atoms with Gasteiger partial charge in [0.2, 0.25) is 5.36 Å². The third-order valence-electron chi connectivity index (χ3n) is 6.00. The zero-order chi connectivity index (χ0) is 28.1. The lowest BCUT2D eigenvalue weighted by atomic mass is 9.93. The van der Waals surface area contributed by atoms with E-state index in [9.17, 15) is 14.7 Å². The Morgan fingerprint density at radius 3 is 2.11 bits per heavy atom. The zero-order valence-electron chi connectivity index (χ0n) is 23.2. The van der Waals surface area contributed by atoms with E-state index in [2.05, 4.69) is 0 Å². The SMILES string of the molecule is CC.CC.CN(C)c1ccc2c(-c3ccccc3C(=O)O)c3c(=O)oc4cc(=[N+](C)C)ccc4c3oc2c1. The summed E-state index contributed by atoms with van der Waals surface area (Å²) >= 11 is 0. The lowest BCUT2D eigenvalue weighted by Crippen LogP contribution is -2.20. The molecule has 0 spiro atoms. The fourth-order valence-electron chi connectivity index (χ4n) is 4.25. The molecule has 1 N–H and O–H groups in total. The smallest absolute Gasteiger partial charge is 0.348 e. The number of carboxylic acids is 1. The second-order valence-corrected chi connectivity index (χ2v) is 8.57. The molecule has 7 nitrogen and oxygen atoms in total. The highest BCUT2D eigenvalue weighted by Crippen LogP contribution is 2.39. The zero-order valence-corrected chi connectivity index (χ0v) is 23.2. The van der Waals surface area contributed by atoms with E-state index < -0.39 is 11.6 Å².